The van der Waals surface area contributed by atoms with Gasteiger partial charge in [-0.25, -0.2) is 0 Å². The van der Waals surface area contributed by atoms with Gasteiger partial charge in [0.15, 0.2) is 11.6 Å². The third-order valence-corrected chi connectivity index (χ3v) is 5.51. The molecule has 3 heteroatoms. The van der Waals surface area contributed by atoms with Gasteiger partial charge in [0.2, 0.25) is 0 Å². The molecule has 3 nitrogen and oxygen atoms in total. The van der Waals surface area contributed by atoms with Crippen molar-refractivity contribution in [3.63, 3.8) is 0 Å². The van der Waals surface area contributed by atoms with Crippen LogP contribution in [-0.4, -0.2) is 18.7 Å². The minimum Gasteiger partial charge on any atom is -0.497 e. The summed E-state index contributed by atoms with van der Waals surface area (Å²) in [4.78, 5) is 26.5. The molecule has 0 radical (unpaired) electrons. The number of carbonyl (C=O) groups excluding carboxylic acids is 2. The second kappa shape index (κ2) is 11.6. The van der Waals surface area contributed by atoms with Gasteiger partial charge in [0, 0.05) is 11.1 Å². The van der Waals surface area contributed by atoms with E-state index in [4.69, 9.17) is 4.74 Å². The van der Waals surface area contributed by atoms with E-state index in [2.05, 4.69) is 27.7 Å². The number of methoxy groups -OCH3 is 1. The van der Waals surface area contributed by atoms with E-state index in [0.717, 1.165) is 24.8 Å². The summed E-state index contributed by atoms with van der Waals surface area (Å²) in [6.07, 6.45) is 8.26. The Balaban J connectivity index is 2.27. The van der Waals surface area contributed by atoms with Crippen molar-refractivity contribution in [2.75, 3.05) is 7.11 Å². The average Bonchev–Trinajstić information content (AvgIpc) is 2.77. The number of benzene rings is 2. The number of Topliss-reactive ketones (excluding diaryl/α,β-unsaturated/α-hetero) is 2. The predicted molar refractivity (Wildman–Crippen MR) is 128 cm³/mol. The molecule has 0 spiro atoms. The fourth-order valence-corrected chi connectivity index (χ4v) is 3.46. The number of unbranched alkanes of at least 4 members (excludes halogenated alkanes) is 5. The first-order chi connectivity index (χ1) is 14.8. The quantitative estimate of drug-likeness (QED) is 0.125. The van der Waals surface area contributed by atoms with Crippen molar-refractivity contribution in [2.24, 2.45) is 0 Å². The first-order valence-corrected chi connectivity index (χ1v) is 11.3. The van der Waals surface area contributed by atoms with E-state index in [9.17, 15) is 9.59 Å². The maximum Gasteiger partial charge on any atom is 0.196 e. The number of ketones is 2. The topological polar surface area (TPSA) is 43.4 Å². The van der Waals surface area contributed by atoms with Crippen molar-refractivity contribution >= 4 is 11.6 Å². The van der Waals surface area contributed by atoms with Crippen molar-refractivity contribution in [1.29, 1.82) is 0 Å². The molecule has 0 aliphatic heterocycles. The van der Waals surface area contributed by atoms with Gasteiger partial charge in [-0.1, -0.05) is 83.7 Å². The zero-order valence-electron chi connectivity index (χ0n) is 19.7. The van der Waals surface area contributed by atoms with Gasteiger partial charge < -0.3 is 4.74 Å². The van der Waals surface area contributed by atoms with E-state index in [-0.39, 0.29) is 22.6 Å². The lowest BCUT2D eigenvalue weighted by Gasteiger charge is -2.19. The van der Waals surface area contributed by atoms with Gasteiger partial charge in [-0.2, -0.15) is 0 Å². The van der Waals surface area contributed by atoms with Crippen molar-refractivity contribution in [1.82, 2.24) is 0 Å². The molecular formula is C28H36O3. The van der Waals surface area contributed by atoms with Crippen LogP contribution in [-0.2, 0) is 5.41 Å². The zero-order valence-corrected chi connectivity index (χ0v) is 19.7. The average molecular weight is 421 g/mol. The van der Waals surface area contributed by atoms with Crippen LogP contribution < -0.4 is 4.74 Å². The largest absolute Gasteiger partial charge is 0.497 e. The Morgan fingerprint density at radius 1 is 0.806 bits per heavy atom. The molecule has 0 N–H and O–H groups in total. The highest BCUT2D eigenvalue weighted by Gasteiger charge is 2.22. The minimum atomic E-state index is -0.235. The molecule has 0 heterocycles. The second-order valence-electron chi connectivity index (χ2n) is 9.03. The van der Waals surface area contributed by atoms with Crippen LogP contribution in [0.5, 0.6) is 5.75 Å². The van der Waals surface area contributed by atoms with Gasteiger partial charge in [-0.05, 0) is 48.1 Å². The maximum absolute atomic E-state index is 13.3. The molecule has 2 aromatic carbocycles. The number of rotatable bonds is 11. The number of ether oxygens (including phenoxy) is 1. The summed E-state index contributed by atoms with van der Waals surface area (Å²) in [6, 6.07) is 14.6. The summed E-state index contributed by atoms with van der Waals surface area (Å²) >= 11 is 0. The summed E-state index contributed by atoms with van der Waals surface area (Å²) in [7, 11) is 1.59. The highest BCUT2D eigenvalue weighted by atomic mass is 16.5. The van der Waals surface area contributed by atoms with Gasteiger partial charge in [-0.3, -0.25) is 9.59 Å². The van der Waals surface area contributed by atoms with Crippen LogP contribution in [0, 0.1) is 0 Å². The van der Waals surface area contributed by atoms with Crippen LogP contribution in [0.15, 0.2) is 60.2 Å². The fourth-order valence-electron chi connectivity index (χ4n) is 3.46. The summed E-state index contributed by atoms with van der Waals surface area (Å²) in [5.74, 6) is 0.234. The van der Waals surface area contributed by atoms with Gasteiger partial charge in [0.05, 0.1) is 12.7 Å². The molecule has 0 aliphatic rings. The molecular weight excluding hydrogens is 384 g/mol. The monoisotopic (exact) mass is 420 g/mol. The maximum atomic E-state index is 13.3. The van der Waals surface area contributed by atoms with Gasteiger partial charge in [0.1, 0.15) is 5.75 Å². The van der Waals surface area contributed by atoms with E-state index < -0.39 is 0 Å². The number of carbonyl (C=O) groups is 2. The first-order valence-electron chi connectivity index (χ1n) is 11.3. The molecule has 0 amide bonds. The molecule has 0 fully saturated rings. The second-order valence-corrected chi connectivity index (χ2v) is 9.03. The third kappa shape index (κ3) is 7.20. The van der Waals surface area contributed by atoms with Gasteiger partial charge >= 0.3 is 0 Å². The SMILES string of the molecule is CCCCCCCC=C(C(=O)c1ccc(OC)cc1)C(=O)c1ccc(C(C)(C)C)cc1. The van der Waals surface area contributed by atoms with Crippen LogP contribution >= 0.6 is 0 Å². The first kappa shape index (κ1) is 24.6. The van der Waals surface area contributed by atoms with Crippen LogP contribution in [0.4, 0.5) is 0 Å². The lowest BCUT2D eigenvalue weighted by Crippen LogP contribution is -2.15. The molecule has 0 atom stereocenters. The fraction of sp³-hybridized carbons (Fsp3) is 0.429. The summed E-state index contributed by atoms with van der Waals surface area (Å²) in [5.41, 5.74) is 2.47. The Kier molecular flexibility index (Phi) is 9.23. The summed E-state index contributed by atoms with van der Waals surface area (Å²) in [6.45, 7) is 8.61. The van der Waals surface area contributed by atoms with Crippen LogP contribution in [0.25, 0.3) is 0 Å². The predicted octanol–water partition coefficient (Wildman–Crippen LogP) is 7.35. The Hall–Kier alpha value is -2.68. The van der Waals surface area contributed by atoms with E-state index in [0.29, 0.717) is 16.9 Å². The zero-order chi connectivity index (χ0) is 22.9. The lowest BCUT2D eigenvalue weighted by atomic mass is 9.86. The standard InChI is InChI=1S/C28H36O3/c1-6-7-8-9-10-11-12-25(27(30)22-15-19-24(31-5)20-16-22)26(29)21-13-17-23(18-14-21)28(2,3)4/h12-20H,6-11H2,1-5H3. The van der Waals surface area contributed by atoms with Crippen LogP contribution in [0.3, 0.4) is 0 Å². The highest BCUT2D eigenvalue weighted by Crippen LogP contribution is 2.24. The minimum absolute atomic E-state index is 0.0116. The van der Waals surface area contributed by atoms with Crippen molar-refractivity contribution in [2.45, 2.75) is 71.6 Å². The Bertz CT molecular complexity index is 881. The lowest BCUT2D eigenvalue weighted by molar-refractivity contribution is 0.0962. The smallest absolute Gasteiger partial charge is 0.196 e. The Morgan fingerprint density at radius 2 is 1.32 bits per heavy atom. The molecule has 0 unspecified atom stereocenters. The van der Waals surface area contributed by atoms with Crippen molar-refractivity contribution in [3.8, 4) is 5.75 Å². The molecule has 0 aliphatic carbocycles. The van der Waals surface area contributed by atoms with E-state index >= 15 is 0 Å². The van der Waals surface area contributed by atoms with Crippen molar-refractivity contribution < 1.29 is 14.3 Å². The van der Waals surface area contributed by atoms with Crippen molar-refractivity contribution in [3.05, 3.63) is 76.9 Å². The number of hydrogen-bond donors (Lipinski definition) is 0. The molecule has 0 saturated carbocycles. The molecule has 0 saturated heterocycles. The van der Waals surface area contributed by atoms with Gasteiger partial charge in [-0.15, -0.1) is 0 Å². The summed E-state index contributed by atoms with van der Waals surface area (Å²) < 4.78 is 5.18. The van der Waals surface area contributed by atoms with E-state index in [1.807, 2.05) is 30.3 Å². The molecule has 166 valence electrons. The van der Waals surface area contributed by atoms with E-state index in [1.165, 1.54) is 19.3 Å². The van der Waals surface area contributed by atoms with Crippen LogP contribution in [0.1, 0.15) is 92.5 Å². The molecule has 0 aromatic heterocycles. The molecule has 2 aromatic rings. The van der Waals surface area contributed by atoms with Crippen LogP contribution in [0.2, 0.25) is 0 Å². The molecule has 0 bridgehead atoms. The van der Waals surface area contributed by atoms with Gasteiger partial charge in [0.25, 0.3) is 0 Å². The Labute approximate surface area is 187 Å². The Morgan fingerprint density at radius 3 is 1.81 bits per heavy atom. The highest BCUT2D eigenvalue weighted by molar-refractivity contribution is 6.30. The molecule has 2 rings (SSSR count). The molecule has 31 heavy (non-hydrogen) atoms. The number of allylic oxidation sites excluding steroid dienone is 2. The third-order valence-electron chi connectivity index (χ3n) is 5.51. The summed E-state index contributed by atoms with van der Waals surface area (Å²) in [5, 5.41) is 0. The normalized spacial score (nSPS) is 12.0. The number of hydrogen-bond acceptors (Lipinski definition) is 3. The van der Waals surface area contributed by atoms with E-state index in [1.54, 1.807) is 31.4 Å².